The summed E-state index contributed by atoms with van der Waals surface area (Å²) < 4.78 is 4.91. The number of benzene rings is 1. The number of nitrogens with zero attached hydrogens (tertiary/aromatic N) is 1. The third-order valence-electron chi connectivity index (χ3n) is 5.17. The van der Waals surface area contributed by atoms with Gasteiger partial charge in [-0.1, -0.05) is 12.8 Å². The average Bonchev–Trinajstić information content (AvgIpc) is 2.92. The molecular weight excluding hydrogens is 348 g/mol. The fraction of sp³-hybridized carbons (Fsp3) is 0.500. The van der Waals surface area contributed by atoms with Crippen LogP contribution in [0.1, 0.15) is 49.4 Å². The van der Waals surface area contributed by atoms with E-state index in [9.17, 15) is 19.2 Å². The van der Waals surface area contributed by atoms with Crippen LogP contribution in [0, 0.1) is 11.8 Å². The minimum Gasteiger partial charge on any atom is -0.462 e. The number of hydrogen-bond donors (Lipinski definition) is 1. The van der Waals surface area contributed by atoms with Crippen molar-refractivity contribution in [1.29, 1.82) is 0 Å². The third-order valence-corrected chi connectivity index (χ3v) is 5.17. The molecule has 1 aliphatic heterocycles. The molecule has 2 atom stereocenters. The molecule has 1 aromatic carbocycles. The fourth-order valence-corrected chi connectivity index (χ4v) is 3.79. The summed E-state index contributed by atoms with van der Waals surface area (Å²) >= 11 is 0. The highest BCUT2D eigenvalue weighted by atomic mass is 16.5. The highest BCUT2D eigenvalue weighted by molar-refractivity contribution is 6.05. The van der Waals surface area contributed by atoms with Crippen molar-refractivity contribution in [3.8, 4) is 0 Å². The van der Waals surface area contributed by atoms with E-state index in [1.165, 1.54) is 4.90 Å². The van der Waals surface area contributed by atoms with Gasteiger partial charge in [0.25, 0.3) is 0 Å². The maximum atomic E-state index is 12.4. The van der Waals surface area contributed by atoms with Crippen molar-refractivity contribution < 1.29 is 23.9 Å². The van der Waals surface area contributed by atoms with Crippen molar-refractivity contribution in [2.24, 2.45) is 11.8 Å². The van der Waals surface area contributed by atoms with Gasteiger partial charge in [0.1, 0.15) is 0 Å². The number of imide groups is 1. The molecule has 1 N–H and O–H groups in total. The van der Waals surface area contributed by atoms with Crippen LogP contribution >= 0.6 is 0 Å². The summed E-state index contributed by atoms with van der Waals surface area (Å²) in [7, 11) is 0. The number of amides is 3. The van der Waals surface area contributed by atoms with Gasteiger partial charge in [0.2, 0.25) is 17.7 Å². The molecule has 144 valence electrons. The Kier molecular flexibility index (Phi) is 5.88. The van der Waals surface area contributed by atoms with E-state index < -0.39 is 5.97 Å². The second-order valence-corrected chi connectivity index (χ2v) is 6.92. The Morgan fingerprint density at radius 2 is 1.67 bits per heavy atom. The Labute approximate surface area is 158 Å². The van der Waals surface area contributed by atoms with Crippen LogP contribution < -0.4 is 5.32 Å². The van der Waals surface area contributed by atoms with Crippen molar-refractivity contribution >= 4 is 29.4 Å². The summed E-state index contributed by atoms with van der Waals surface area (Å²) in [5.41, 5.74) is 0.950. The molecule has 2 fully saturated rings. The van der Waals surface area contributed by atoms with Crippen molar-refractivity contribution in [2.45, 2.75) is 39.0 Å². The lowest BCUT2D eigenvalue weighted by atomic mass is 9.81. The number of ether oxygens (including phenoxy) is 1. The van der Waals surface area contributed by atoms with Gasteiger partial charge in [-0.25, -0.2) is 4.79 Å². The van der Waals surface area contributed by atoms with E-state index in [0.717, 1.165) is 25.7 Å². The summed E-state index contributed by atoms with van der Waals surface area (Å²) in [4.78, 5) is 49.8. The summed E-state index contributed by atoms with van der Waals surface area (Å²) in [6.45, 7) is 2.14. The van der Waals surface area contributed by atoms with E-state index in [1.807, 2.05) is 0 Å². The molecular formula is C20H24N2O5. The Morgan fingerprint density at radius 3 is 2.22 bits per heavy atom. The van der Waals surface area contributed by atoms with Gasteiger partial charge in [0.15, 0.2) is 0 Å². The smallest absolute Gasteiger partial charge is 0.338 e. The highest BCUT2D eigenvalue weighted by Crippen LogP contribution is 2.37. The van der Waals surface area contributed by atoms with E-state index in [4.69, 9.17) is 4.74 Å². The van der Waals surface area contributed by atoms with E-state index in [2.05, 4.69) is 5.32 Å². The molecule has 1 aliphatic carbocycles. The van der Waals surface area contributed by atoms with Gasteiger partial charge >= 0.3 is 5.97 Å². The molecule has 0 aromatic heterocycles. The van der Waals surface area contributed by atoms with Gasteiger partial charge in [-0.2, -0.15) is 0 Å². The van der Waals surface area contributed by atoms with Gasteiger partial charge in [-0.3, -0.25) is 19.3 Å². The zero-order valence-corrected chi connectivity index (χ0v) is 15.4. The lowest BCUT2D eigenvalue weighted by Crippen LogP contribution is -2.34. The third kappa shape index (κ3) is 4.18. The number of esters is 1. The van der Waals surface area contributed by atoms with E-state index in [-0.39, 0.29) is 42.5 Å². The van der Waals surface area contributed by atoms with Crippen LogP contribution in [0.2, 0.25) is 0 Å². The first-order chi connectivity index (χ1) is 13.0. The number of anilines is 1. The zero-order valence-electron chi connectivity index (χ0n) is 15.4. The fourth-order valence-electron chi connectivity index (χ4n) is 3.79. The van der Waals surface area contributed by atoms with Crippen LogP contribution in [-0.2, 0) is 19.1 Å². The number of carbonyl (C=O) groups is 4. The number of likely N-dealkylation sites (tertiary alicyclic amines) is 1. The largest absolute Gasteiger partial charge is 0.462 e. The van der Waals surface area contributed by atoms with Gasteiger partial charge in [0, 0.05) is 18.7 Å². The van der Waals surface area contributed by atoms with Crippen LogP contribution in [0.4, 0.5) is 5.69 Å². The number of rotatable bonds is 6. The quantitative estimate of drug-likeness (QED) is 0.611. The highest BCUT2D eigenvalue weighted by Gasteiger charge is 2.47. The molecule has 1 saturated heterocycles. The molecule has 1 aromatic rings. The number of fused-ring (bicyclic) bond motifs is 1. The summed E-state index contributed by atoms with van der Waals surface area (Å²) in [5, 5.41) is 2.72. The topological polar surface area (TPSA) is 92.8 Å². The first-order valence-electron chi connectivity index (χ1n) is 9.43. The predicted octanol–water partition coefficient (Wildman–Crippen LogP) is 2.37. The molecule has 0 unspecified atom stereocenters. The molecule has 1 heterocycles. The van der Waals surface area contributed by atoms with E-state index in [0.29, 0.717) is 17.9 Å². The molecule has 3 rings (SSSR count). The standard InChI is InChI=1S/C20H24N2O5/c1-2-27-20(26)13-7-9-14(10-8-13)21-17(23)11-12-22-18(24)15-5-3-4-6-16(15)19(22)25/h7-10,15-16H,2-6,11-12H2,1H3,(H,21,23)/t15-,16-/m0/s1. The normalized spacial score (nSPS) is 21.7. The van der Waals surface area contributed by atoms with E-state index >= 15 is 0 Å². The lowest BCUT2D eigenvalue weighted by Gasteiger charge is -2.19. The number of carbonyl (C=O) groups excluding carboxylic acids is 4. The SMILES string of the molecule is CCOC(=O)c1ccc(NC(=O)CCN2C(=O)[C@H]3CCCC[C@@H]3C2=O)cc1. The molecule has 0 spiro atoms. The van der Waals surface area contributed by atoms with Crippen LogP contribution in [0.25, 0.3) is 0 Å². The molecule has 27 heavy (non-hydrogen) atoms. The predicted molar refractivity (Wildman–Crippen MR) is 97.8 cm³/mol. The van der Waals surface area contributed by atoms with Crippen molar-refractivity contribution in [2.75, 3.05) is 18.5 Å². The van der Waals surface area contributed by atoms with Crippen molar-refractivity contribution in [3.63, 3.8) is 0 Å². The average molecular weight is 372 g/mol. The molecule has 3 amide bonds. The van der Waals surface area contributed by atoms with Crippen molar-refractivity contribution in [1.82, 2.24) is 4.90 Å². The lowest BCUT2D eigenvalue weighted by molar-refractivity contribution is -0.140. The number of nitrogens with one attached hydrogen (secondary N) is 1. The maximum absolute atomic E-state index is 12.4. The summed E-state index contributed by atoms with van der Waals surface area (Å²) in [6.07, 6.45) is 3.55. The van der Waals surface area contributed by atoms with E-state index in [1.54, 1.807) is 31.2 Å². The van der Waals surface area contributed by atoms with Crippen molar-refractivity contribution in [3.05, 3.63) is 29.8 Å². The van der Waals surface area contributed by atoms with Gasteiger partial charge in [-0.15, -0.1) is 0 Å². The molecule has 0 bridgehead atoms. The Bertz CT molecular complexity index is 719. The number of hydrogen-bond acceptors (Lipinski definition) is 5. The maximum Gasteiger partial charge on any atom is 0.338 e. The van der Waals surface area contributed by atoms with Crippen LogP contribution in [-0.4, -0.2) is 41.7 Å². The monoisotopic (exact) mass is 372 g/mol. The Morgan fingerprint density at radius 1 is 1.07 bits per heavy atom. The molecule has 2 aliphatic rings. The first kappa shape index (κ1) is 19.1. The zero-order chi connectivity index (χ0) is 19.4. The minimum atomic E-state index is -0.414. The summed E-state index contributed by atoms with van der Waals surface area (Å²) in [6, 6.07) is 6.38. The van der Waals surface area contributed by atoms with Crippen LogP contribution in [0.3, 0.4) is 0 Å². The van der Waals surface area contributed by atoms with Gasteiger partial charge in [0.05, 0.1) is 24.0 Å². The summed E-state index contributed by atoms with van der Waals surface area (Å²) in [5.74, 6) is -1.33. The van der Waals surface area contributed by atoms with Gasteiger partial charge in [-0.05, 0) is 44.0 Å². The second-order valence-electron chi connectivity index (χ2n) is 6.92. The molecule has 1 saturated carbocycles. The second kappa shape index (κ2) is 8.33. The van der Waals surface area contributed by atoms with Gasteiger partial charge < -0.3 is 10.1 Å². The first-order valence-corrected chi connectivity index (χ1v) is 9.43. The Balaban J connectivity index is 1.52. The molecule has 7 heteroatoms. The Hall–Kier alpha value is -2.70. The van der Waals surface area contributed by atoms with Crippen LogP contribution in [0.5, 0.6) is 0 Å². The minimum absolute atomic E-state index is 0.0521. The molecule has 0 radical (unpaired) electrons. The van der Waals surface area contributed by atoms with Crippen LogP contribution in [0.15, 0.2) is 24.3 Å². The molecule has 7 nitrogen and oxygen atoms in total.